The van der Waals surface area contributed by atoms with Crippen LogP contribution in [-0.4, -0.2) is 36.4 Å². The maximum absolute atomic E-state index is 12.5. The van der Waals surface area contributed by atoms with Gasteiger partial charge in [-0.3, -0.25) is 4.79 Å². The molecular formula is C21H23ClN2O. The molecule has 0 N–H and O–H groups in total. The Balaban J connectivity index is 1.66. The zero-order chi connectivity index (χ0) is 17.8. The van der Waals surface area contributed by atoms with Gasteiger partial charge in [-0.25, -0.2) is 0 Å². The smallest absolute Gasteiger partial charge is 0.190 e. The van der Waals surface area contributed by atoms with E-state index in [0.29, 0.717) is 6.04 Å². The molecule has 1 aliphatic rings. The van der Waals surface area contributed by atoms with Crippen molar-refractivity contribution in [2.75, 3.05) is 24.5 Å². The molecule has 3 nitrogen and oxygen atoms in total. The summed E-state index contributed by atoms with van der Waals surface area (Å²) in [5.41, 5.74) is 2.71. The van der Waals surface area contributed by atoms with Crippen LogP contribution >= 0.6 is 11.6 Å². The lowest BCUT2D eigenvalue weighted by Crippen LogP contribution is -2.50. The molecule has 0 aromatic heterocycles. The minimum atomic E-state index is 0.0911. The lowest BCUT2D eigenvalue weighted by Gasteiger charge is -2.41. The van der Waals surface area contributed by atoms with Crippen molar-refractivity contribution >= 4 is 23.1 Å². The van der Waals surface area contributed by atoms with E-state index in [2.05, 4.69) is 28.9 Å². The Morgan fingerprint density at radius 2 is 1.76 bits per heavy atom. The van der Waals surface area contributed by atoms with Gasteiger partial charge in [-0.1, -0.05) is 41.9 Å². The Labute approximate surface area is 154 Å². The van der Waals surface area contributed by atoms with Crippen molar-refractivity contribution in [3.05, 3.63) is 77.0 Å². The molecule has 4 heteroatoms. The summed E-state index contributed by atoms with van der Waals surface area (Å²) in [5, 5.41) is 0.757. The summed E-state index contributed by atoms with van der Waals surface area (Å²) in [5.74, 6) is 0.0911. The van der Waals surface area contributed by atoms with Gasteiger partial charge in [0.2, 0.25) is 0 Å². The molecule has 0 saturated carbocycles. The second-order valence-corrected chi connectivity index (χ2v) is 6.96. The number of benzene rings is 2. The van der Waals surface area contributed by atoms with E-state index in [4.69, 9.17) is 11.6 Å². The molecular weight excluding hydrogens is 332 g/mol. The molecule has 1 aliphatic heterocycles. The first-order valence-electron chi connectivity index (χ1n) is 8.59. The molecule has 1 atom stereocenters. The van der Waals surface area contributed by atoms with Gasteiger partial charge in [0, 0.05) is 53.7 Å². The monoisotopic (exact) mass is 354 g/mol. The Hall–Kier alpha value is -2.26. The number of allylic oxidation sites excluding steroid dienone is 1. The summed E-state index contributed by atoms with van der Waals surface area (Å²) in [7, 11) is 0. The molecule has 2 aromatic rings. The van der Waals surface area contributed by atoms with E-state index in [0.717, 1.165) is 35.8 Å². The zero-order valence-corrected chi connectivity index (χ0v) is 15.4. The summed E-state index contributed by atoms with van der Waals surface area (Å²) in [6, 6.07) is 17.8. The Bertz CT molecular complexity index is 755. The number of carbonyl (C=O) groups is 1. The van der Waals surface area contributed by atoms with E-state index in [-0.39, 0.29) is 5.78 Å². The van der Waals surface area contributed by atoms with Gasteiger partial charge in [0.05, 0.1) is 0 Å². The lowest BCUT2D eigenvalue weighted by molar-refractivity contribution is 0.103. The summed E-state index contributed by atoms with van der Waals surface area (Å²) in [4.78, 5) is 17.1. The van der Waals surface area contributed by atoms with Crippen LogP contribution < -0.4 is 4.90 Å². The number of nitrogens with zero attached hydrogens (tertiary/aromatic N) is 2. The average molecular weight is 355 g/mol. The van der Waals surface area contributed by atoms with Crippen LogP contribution in [0.25, 0.3) is 0 Å². The van der Waals surface area contributed by atoms with Gasteiger partial charge in [-0.15, -0.1) is 0 Å². The van der Waals surface area contributed by atoms with Crippen molar-refractivity contribution in [2.24, 2.45) is 0 Å². The summed E-state index contributed by atoms with van der Waals surface area (Å²) in [6.07, 6.45) is 2.00. The quantitative estimate of drug-likeness (QED) is 0.590. The molecule has 0 spiro atoms. The largest absolute Gasteiger partial charge is 0.373 e. The first kappa shape index (κ1) is 17.6. The first-order valence-corrected chi connectivity index (χ1v) is 8.97. The fourth-order valence-electron chi connectivity index (χ4n) is 3.27. The molecule has 1 saturated heterocycles. The topological polar surface area (TPSA) is 23.6 Å². The number of ketones is 1. The molecule has 0 aliphatic carbocycles. The van der Waals surface area contributed by atoms with Crippen molar-refractivity contribution in [3.63, 3.8) is 0 Å². The van der Waals surface area contributed by atoms with Crippen molar-refractivity contribution in [1.82, 2.24) is 4.90 Å². The predicted octanol–water partition coefficient (Wildman–Crippen LogP) is 4.64. The van der Waals surface area contributed by atoms with E-state index in [9.17, 15) is 4.79 Å². The van der Waals surface area contributed by atoms with Crippen LogP contribution in [0.5, 0.6) is 0 Å². The van der Waals surface area contributed by atoms with Crippen LogP contribution in [0.2, 0.25) is 5.02 Å². The molecule has 0 unspecified atom stereocenters. The maximum Gasteiger partial charge on any atom is 0.190 e. The fraction of sp³-hybridized carbons (Fsp3) is 0.286. The van der Waals surface area contributed by atoms with E-state index in [1.807, 2.05) is 55.6 Å². The standard InChI is InChI=1S/C21H23ClN2O/c1-16(21(25)18-6-4-3-5-7-18)14-23-12-13-24(17(2)15-23)20-10-8-19(22)9-11-20/h3-11,14,17H,12-13,15H2,1-2H3/b16-14+/t17-/m1/s1. The van der Waals surface area contributed by atoms with Crippen LogP contribution in [0, 0.1) is 0 Å². The third-order valence-electron chi connectivity index (χ3n) is 4.59. The van der Waals surface area contributed by atoms with E-state index < -0.39 is 0 Å². The van der Waals surface area contributed by atoms with Gasteiger partial charge >= 0.3 is 0 Å². The minimum absolute atomic E-state index is 0.0911. The molecule has 0 bridgehead atoms. The Kier molecular flexibility index (Phi) is 5.44. The molecule has 0 amide bonds. The molecule has 1 fully saturated rings. The maximum atomic E-state index is 12.5. The SMILES string of the molecule is C/C(=C\N1CCN(c2ccc(Cl)cc2)[C@H](C)C1)C(=O)c1ccccc1. The number of carbonyl (C=O) groups excluding carboxylic acids is 1. The number of halogens is 1. The van der Waals surface area contributed by atoms with Crippen LogP contribution in [-0.2, 0) is 0 Å². The molecule has 0 radical (unpaired) electrons. The Morgan fingerprint density at radius 3 is 2.40 bits per heavy atom. The van der Waals surface area contributed by atoms with Crippen LogP contribution in [0.15, 0.2) is 66.4 Å². The normalized spacial score (nSPS) is 18.4. The van der Waals surface area contributed by atoms with E-state index >= 15 is 0 Å². The van der Waals surface area contributed by atoms with Gasteiger partial charge in [0.1, 0.15) is 0 Å². The van der Waals surface area contributed by atoms with Crippen molar-refractivity contribution in [2.45, 2.75) is 19.9 Å². The van der Waals surface area contributed by atoms with Crippen molar-refractivity contribution in [3.8, 4) is 0 Å². The molecule has 3 rings (SSSR count). The third kappa shape index (κ3) is 4.23. The third-order valence-corrected chi connectivity index (χ3v) is 4.84. The second kappa shape index (κ2) is 7.75. The summed E-state index contributed by atoms with van der Waals surface area (Å²) >= 11 is 5.98. The summed E-state index contributed by atoms with van der Waals surface area (Å²) in [6.45, 7) is 6.81. The van der Waals surface area contributed by atoms with Crippen molar-refractivity contribution in [1.29, 1.82) is 0 Å². The molecule has 2 aromatic carbocycles. The lowest BCUT2D eigenvalue weighted by atomic mass is 10.1. The fourth-order valence-corrected chi connectivity index (χ4v) is 3.39. The van der Waals surface area contributed by atoms with Gasteiger partial charge in [-0.2, -0.15) is 0 Å². The zero-order valence-electron chi connectivity index (χ0n) is 14.7. The predicted molar refractivity (Wildman–Crippen MR) is 104 cm³/mol. The minimum Gasteiger partial charge on any atom is -0.373 e. The Morgan fingerprint density at radius 1 is 1.08 bits per heavy atom. The average Bonchev–Trinajstić information content (AvgIpc) is 2.63. The van der Waals surface area contributed by atoms with Crippen LogP contribution in [0.3, 0.4) is 0 Å². The number of hydrogen-bond donors (Lipinski definition) is 0. The van der Waals surface area contributed by atoms with Crippen LogP contribution in [0.4, 0.5) is 5.69 Å². The highest BCUT2D eigenvalue weighted by molar-refractivity contribution is 6.30. The van der Waals surface area contributed by atoms with Crippen molar-refractivity contribution < 1.29 is 4.79 Å². The number of rotatable bonds is 4. The van der Waals surface area contributed by atoms with Gasteiger partial charge in [-0.05, 0) is 38.1 Å². The number of Topliss-reactive ketones (excluding diaryl/α,β-unsaturated/α-hetero) is 1. The van der Waals surface area contributed by atoms with Gasteiger partial charge in [0.15, 0.2) is 5.78 Å². The molecule has 25 heavy (non-hydrogen) atoms. The highest BCUT2D eigenvalue weighted by atomic mass is 35.5. The summed E-state index contributed by atoms with van der Waals surface area (Å²) < 4.78 is 0. The van der Waals surface area contributed by atoms with Crippen LogP contribution in [0.1, 0.15) is 24.2 Å². The second-order valence-electron chi connectivity index (χ2n) is 6.52. The van der Waals surface area contributed by atoms with Gasteiger partial charge in [0.25, 0.3) is 0 Å². The number of hydrogen-bond acceptors (Lipinski definition) is 3. The first-order chi connectivity index (χ1) is 12.0. The van der Waals surface area contributed by atoms with E-state index in [1.165, 1.54) is 5.69 Å². The number of anilines is 1. The highest BCUT2D eigenvalue weighted by Gasteiger charge is 2.23. The van der Waals surface area contributed by atoms with Gasteiger partial charge < -0.3 is 9.80 Å². The van der Waals surface area contributed by atoms with E-state index in [1.54, 1.807) is 0 Å². The molecule has 1 heterocycles. The number of piperazine rings is 1. The highest BCUT2D eigenvalue weighted by Crippen LogP contribution is 2.23. The molecule has 130 valence electrons.